The number of hydrogen-bond donors (Lipinski definition) is 3. The van der Waals surface area contributed by atoms with Gasteiger partial charge in [0.05, 0.1) is 42.6 Å². The fourth-order valence-corrected chi connectivity index (χ4v) is 4.32. The van der Waals surface area contributed by atoms with Gasteiger partial charge in [-0.3, -0.25) is 0 Å². The van der Waals surface area contributed by atoms with Crippen molar-refractivity contribution in [1.82, 2.24) is 29.5 Å². The lowest BCUT2D eigenvalue weighted by Gasteiger charge is -2.33. The highest BCUT2D eigenvalue weighted by molar-refractivity contribution is 6.32. The summed E-state index contributed by atoms with van der Waals surface area (Å²) in [6, 6.07) is 7.83. The Morgan fingerprint density at radius 2 is 2.00 bits per heavy atom. The Morgan fingerprint density at radius 3 is 2.72 bits per heavy atom. The molecule has 5 rings (SSSR count). The lowest BCUT2D eigenvalue weighted by atomic mass is 10.0. The molecule has 11 nitrogen and oxygen atoms in total. The Kier molecular flexibility index (Phi) is 6.79. The molecule has 0 aromatic carbocycles. The maximum absolute atomic E-state index is 9.65. The summed E-state index contributed by atoms with van der Waals surface area (Å²) in [6.45, 7) is 3.81. The number of hydrogen-bond acceptors (Lipinski definition) is 10. The van der Waals surface area contributed by atoms with Gasteiger partial charge in [0.2, 0.25) is 5.95 Å². The van der Waals surface area contributed by atoms with E-state index in [1.54, 1.807) is 37.9 Å². The summed E-state index contributed by atoms with van der Waals surface area (Å²) in [4.78, 5) is 24.3. The molecule has 0 radical (unpaired) electrons. The van der Waals surface area contributed by atoms with Gasteiger partial charge in [0, 0.05) is 25.3 Å². The van der Waals surface area contributed by atoms with Crippen LogP contribution in [-0.2, 0) is 6.54 Å². The van der Waals surface area contributed by atoms with Gasteiger partial charge < -0.3 is 25.2 Å². The van der Waals surface area contributed by atoms with E-state index in [9.17, 15) is 5.11 Å². The molecule has 184 valence electrons. The minimum Gasteiger partial charge on any atom is -0.392 e. The van der Waals surface area contributed by atoms with Gasteiger partial charge in [-0.15, -0.1) is 0 Å². The number of halogens is 1. The van der Waals surface area contributed by atoms with E-state index in [4.69, 9.17) is 16.9 Å². The largest absolute Gasteiger partial charge is 0.392 e. The van der Waals surface area contributed by atoms with Crippen LogP contribution in [0.1, 0.15) is 25.3 Å². The molecule has 4 aromatic rings. The van der Waals surface area contributed by atoms with Crippen molar-refractivity contribution in [2.24, 2.45) is 0 Å². The highest BCUT2D eigenvalue weighted by atomic mass is 35.5. The van der Waals surface area contributed by atoms with Crippen LogP contribution in [0.4, 0.5) is 23.3 Å². The number of aromatic nitrogens is 6. The number of rotatable bonds is 7. The van der Waals surface area contributed by atoms with Gasteiger partial charge in [-0.1, -0.05) is 11.6 Å². The number of nitriles is 1. The third-order valence-corrected chi connectivity index (χ3v) is 6.23. The van der Waals surface area contributed by atoms with E-state index in [1.165, 1.54) is 0 Å². The highest BCUT2D eigenvalue weighted by Crippen LogP contribution is 2.26. The lowest BCUT2D eigenvalue weighted by molar-refractivity contribution is 0.175. The van der Waals surface area contributed by atoms with Crippen molar-refractivity contribution in [1.29, 1.82) is 5.26 Å². The van der Waals surface area contributed by atoms with Crippen molar-refractivity contribution in [3.05, 3.63) is 53.7 Å². The third kappa shape index (κ3) is 5.30. The van der Waals surface area contributed by atoms with Crippen molar-refractivity contribution in [2.75, 3.05) is 28.6 Å². The van der Waals surface area contributed by atoms with Gasteiger partial charge in [-0.25, -0.2) is 19.9 Å². The van der Waals surface area contributed by atoms with Gasteiger partial charge in [0.1, 0.15) is 22.4 Å². The Labute approximate surface area is 212 Å². The molecule has 1 aliphatic rings. The van der Waals surface area contributed by atoms with Crippen molar-refractivity contribution in [2.45, 2.75) is 38.5 Å². The van der Waals surface area contributed by atoms with Crippen LogP contribution in [0.5, 0.6) is 0 Å². The Bertz CT molecular complexity index is 1390. The van der Waals surface area contributed by atoms with Crippen LogP contribution < -0.4 is 15.5 Å². The highest BCUT2D eigenvalue weighted by Gasteiger charge is 2.21. The first-order valence-corrected chi connectivity index (χ1v) is 12.0. The SMILES string of the molecule is CC(O)Cn1cnc2cc(Nc3ncc(Cl)c(NC4CCN(c5ccc(C#N)cn5)CC4)n3)cnc21. The van der Waals surface area contributed by atoms with Gasteiger partial charge in [0.25, 0.3) is 0 Å². The van der Waals surface area contributed by atoms with Gasteiger partial charge >= 0.3 is 0 Å². The zero-order valence-electron chi connectivity index (χ0n) is 19.6. The van der Waals surface area contributed by atoms with E-state index >= 15 is 0 Å². The molecule has 36 heavy (non-hydrogen) atoms. The third-order valence-electron chi connectivity index (χ3n) is 5.95. The zero-order valence-corrected chi connectivity index (χ0v) is 20.4. The quantitative estimate of drug-likeness (QED) is 0.343. The molecule has 0 spiro atoms. The number of aliphatic hydroxyl groups is 1. The second kappa shape index (κ2) is 10.3. The predicted molar refractivity (Wildman–Crippen MR) is 137 cm³/mol. The summed E-state index contributed by atoms with van der Waals surface area (Å²) in [6.07, 6.45) is 7.80. The van der Waals surface area contributed by atoms with Crippen molar-refractivity contribution >= 4 is 46.0 Å². The van der Waals surface area contributed by atoms with Crippen molar-refractivity contribution in [3.63, 3.8) is 0 Å². The molecule has 1 unspecified atom stereocenters. The van der Waals surface area contributed by atoms with E-state index in [2.05, 4.69) is 46.5 Å². The van der Waals surface area contributed by atoms with Crippen LogP contribution in [0.2, 0.25) is 5.02 Å². The number of nitrogens with one attached hydrogen (secondary N) is 2. The molecule has 1 saturated heterocycles. The van der Waals surface area contributed by atoms with E-state index in [1.807, 2.05) is 16.7 Å². The Morgan fingerprint density at radius 1 is 1.17 bits per heavy atom. The molecule has 3 N–H and O–H groups in total. The summed E-state index contributed by atoms with van der Waals surface area (Å²) in [5, 5.41) is 25.7. The second-order valence-electron chi connectivity index (χ2n) is 8.75. The van der Waals surface area contributed by atoms with Crippen molar-refractivity contribution in [3.8, 4) is 6.07 Å². The average molecular weight is 505 g/mol. The fraction of sp³-hybridized carbons (Fsp3) is 0.333. The molecule has 0 aliphatic carbocycles. The first-order valence-electron chi connectivity index (χ1n) is 11.6. The predicted octanol–water partition coefficient (Wildman–Crippen LogP) is 3.35. The van der Waals surface area contributed by atoms with E-state index in [0.29, 0.717) is 45.7 Å². The molecule has 0 saturated carbocycles. The molecule has 1 aliphatic heterocycles. The molecule has 5 heterocycles. The standard InChI is InChI=1S/C24H25ClN10O/c1-15(36)13-35-14-30-20-8-18(11-28-23(20)35)32-24-29-12-19(25)22(33-24)31-17-4-6-34(7-5-17)21-3-2-16(9-26)10-27-21/h2-3,8,10-12,14-15,17,36H,4-7,13H2,1H3,(H2,29,31,32,33). The minimum absolute atomic E-state index is 0.204. The van der Waals surface area contributed by atoms with Crippen LogP contribution >= 0.6 is 11.6 Å². The number of piperidine rings is 1. The molecular weight excluding hydrogens is 480 g/mol. The Hall–Kier alpha value is -4.01. The lowest BCUT2D eigenvalue weighted by Crippen LogP contribution is -2.39. The average Bonchev–Trinajstić information content (AvgIpc) is 3.28. The number of aliphatic hydroxyl groups excluding tert-OH is 1. The van der Waals surface area contributed by atoms with Crippen LogP contribution in [0.15, 0.2) is 43.1 Å². The van der Waals surface area contributed by atoms with Crippen molar-refractivity contribution < 1.29 is 5.11 Å². The summed E-state index contributed by atoms with van der Waals surface area (Å²) in [5.74, 6) is 1.84. The van der Waals surface area contributed by atoms with E-state index in [-0.39, 0.29) is 6.04 Å². The molecule has 1 atom stereocenters. The monoisotopic (exact) mass is 504 g/mol. The minimum atomic E-state index is -0.490. The van der Waals surface area contributed by atoms with Crippen LogP contribution in [0.25, 0.3) is 11.2 Å². The molecular formula is C24H25ClN10O. The van der Waals surface area contributed by atoms with Crippen LogP contribution in [0.3, 0.4) is 0 Å². The van der Waals surface area contributed by atoms with E-state index < -0.39 is 6.10 Å². The normalized spacial score (nSPS) is 15.0. The number of pyridine rings is 2. The molecule has 1 fully saturated rings. The molecule has 0 amide bonds. The number of fused-ring (bicyclic) bond motifs is 1. The summed E-state index contributed by atoms with van der Waals surface area (Å²) in [5.41, 5.74) is 2.65. The van der Waals surface area contributed by atoms with Crippen LogP contribution in [-0.4, -0.2) is 59.8 Å². The maximum Gasteiger partial charge on any atom is 0.229 e. The smallest absolute Gasteiger partial charge is 0.229 e. The zero-order chi connectivity index (χ0) is 25.1. The molecule has 0 bridgehead atoms. The maximum atomic E-state index is 9.65. The number of anilines is 4. The number of nitrogens with zero attached hydrogens (tertiary/aromatic N) is 8. The molecule has 12 heteroatoms. The first-order chi connectivity index (χ1) is 17.5. The van der Waals surface area contributed by atoms with Gasteiger partial charge in [-0.05, 0) is 38.0 Å². The topological polar surface area (TPSA) is 141 Å². The molecule has 4 aromatic heterocycles. The Balaban J connectivity index is 1.22. The first kappa shape index (κ1) is 23.7. The fourth-order valence-electron chi connectivity index (χ4n) is 4.18. The summed E-state index contributed by atoms with van der Waals surface area (Å²) in [7, 11) is 0. The summed E-state index contributed by atoms with van der Waals surface area (Å²) < 4.78 is 1.81. The summed E-state index contributed by atoms with van der Waals surface area (Å²) >= 11 is 6.39. The van der Waals surface area contributed by atoms with E-state index in [0.717, 1.165) is 31.7 Å². The number of imidazole rings is 1. The van der Waals surface area contributed by atoms with Gasteiger partial charge in [-0.2, -0.15) is 10.2 Å². The van der Waals surface area contributed by atoms with Gasteiger partial charge in [0.15, 0.2) is 11.5 Å². The second-order valence-corrected chi connectivity index (χ2v) is 9.16. The van der Waals surface area contributed by atoms with Crippen LogP contribution in [0, 0.1) is 11.3 Å².